The molecule has 0 spiro atoms. The van der Waals surface area contributed by atoms with Crippen LogP contribution in [0.2, 0.25) is 0 Å². The van der Waals surface area contributed by atoms with Gasteiger partial charge in [0.1, 0.15) is 0 Å². The summed E-state index contributed by atoms with van der Waals surface area (Å²) < 4.78 is 0. The number of hydrogen-bond donors (Lipinski definition) is 2. The van der Waals surface area contributed by atoms with E-state index in [1.165, 1.54) is 6.92 Å². The number of amides is 2. The molecule has 0 aliphatic carbocycles. The van der Waals surface area contributed by atoms with Crippen molar-refractivity contribution in [3.05, 3.63) is 114 Å². The molecule has 5 nitrogen and oxygen atoms in total. The molecule has 0 saturated carbocycles. The molecule has 0 aliphatic rings. The molecule has 5 heteroatoms. The van der Waals surface area contributed by atoms with Gasteiger partial charge in [-0.2, -0.15) is 5.10 Å². The normalized spacial score (nSPS) is 10.7. The smallest absolute Gasteiger partial charge is 0.271 e. The summed E-state index contributed by atoms with van der Waals surface area (Å²) in [6.07, 6.45) is 7.55. The van der Waals surface area contributed by atoms with Crippen LogP contribution in [0.25, 0.3) is 12.2 Å². The van der Waals surface area contributed by atoms with E-state index in [2.05, 4.69) is 15.8 Å². The van der Waals surface area contributed by atoms with E-state index in [1.807, 2.05) is 85.0 Å². The molecule has 0 saturated heterocycles. The number of hydrazone groups is 1. The molecule has 0 bridgehead atoms. The van der Waals surface area contributed by atoms with Crippen molar-refractivity contribution in [2.75, 3.05) is 5.32 Å². The van der Waals surface area contributed by atoms with E-state index in [-0.39, 0.29) is 11.8 Å². The third-order valence-electron chi connectivity index (χ3n) is 4.25. The van der Waals surface area contributed by atoms with Gasteiger partial charge in [0, 0.05) is 18.2 Å². The maximum Gasteiger partial charge on any atom is 0.271 e. The fourth-order valence-corrected chi connectivity index (χ4v) is 2.71. The van der Waals surface area contributed by atoms with Gasteiger partial charge in [-0.3, -0.25) is 9.59 Å². The molecule has 3 aromatic carbocycles. The zero-order valence-electron chi connectivity index (χ0n) is 17.2. The molecule has 3 rings (SSSR count). The Kier molecular flexibility index (Phi) is 7.66. The van der Waals surface area contributed by atoms with Crippen LogP contribution in [-0.2, 0) is 4.79 Å². The van der Waals surface area contributed by atoms with Crippen LogP contribution in [-0.4, -0.2) is 17.5 Å². The second-order valence-electron chi connectivity index (χ2n) is 6.72. The van der Waals surface area contributed by atoms with Crippen LogP contribution >= 0.6 is 0 Å². The number of benzene rings is 3. The first-order chi connectivity index (χ1) is 15.1. The van der Waals surface area contributed by atoms with E-state index in [4.69, 9.17) is 0 Å². The summed E-state index contributed by atoms with van der Waals surface area (Å²) in [4.78, 5) is 23.6. The lowest BCUT2D eigenvalue weighted by molar-refractivity contribution is -0.114. The van der Waals surface area contributed by atoms with Gasteiger partial charge < -0.3 is 5.32 Å². The summed E-state index contributed by atoms with van der Waals surface area (Å²) >= 11 is 0. The molecule has 0 radical (unpaired) electrons. The maximum atomic E-state index is 12.5. The van der Waals surface area contributed by atoms with Crippen molar-refractivity contribution < 1.29 is 9.59 Å². The van der Waals surface area contributed by atoms with Crippen LogP contribution in [0.15, 0.2) is 102 Å². The average Bonchev–Trinajstić information content (AvgIpc) is 2.80. The third kappa shape index (κ3) is 7.25. The van der Waals surface area contributed by atoms with Crippen LogP contribution in [0.5, 0.6) is 0 Å². The second-order valence-corrected chi connectivity index (χ2v) is 6.72. The Bertz CT molecular complexity index is 1050. The molecule has 0 heterocycles. The Morgan fingerprint density at radius 3 is 1.74 bits per heavy atom. The topological polar surface area (TPSA) is 70.6 Å². The predicted octanol–water partition coefficient (Wildman–Crippen LogP) is 5.16. The number of nitrogens with one attached hydrogen (secondary N) is 2. The summed E-state index contributed by atoms with van der Waals surface area (Å²) in [5.74, 6) is -0.505. The highest BCUT2D eigenvalue weighted by Gasteiger charge is 2.05. The second kappa shape index (κ2) is 11.1. The maximum absolute atomic E-state index is 12.5. The minimum absolute atomic E-state index is 0.165. The molecule has 3 aromatic rings. The quantitative estimate of drug-likeness (QED) is 0.418. The number of carbonyl (C=O) groups excluding carboxylic acids is 2. The highest BCUT2D eigenvalue weighted by atomic mass is 16.2. The van der Waals surface area contributed by atoms with Crippen LogP contribution in [0.4, 0.5) is 5.69 Å². The minimum Gasteiger partial charge on any atom is -0.326 e. The highest BCUT2D eigenvalue weighted by Crippen LogP contribution is 2.10. The molecular formula is C26H23N3O2. The van der Waals surface area contributed by atoms with Gasteiger partial charge in [0.25, 0.3) is 5.91 Å². The van der Waals surface area contributed by atoms with Gasteiger partial charge in [0.05, 0.1) is 5.71 Å². The number of nitrogens with zero attached hydrogens (tertiary/aromatic N) is 1. The van der Waals surface area contributed by atoms with Gasteiger partial charge >= 0.3 is 0 Å². The van der Waals surface area contributed by atoms with Crippen molar-refractivity contribution in [3.8, 4) is 0 Å². The van der Waals surface area contributed by atoms with Crippen LogP contribution in [0.3, 0.4) is 0 Å². The molecule has 2 N–H and O–H groups in total. The molecular weight excluding hydrogens is 386 g/mol. The molecule has 2 amide bonds. The minimum atomic E-state index is -0.340. The summed E-state index contributed by atoms with van der Waals surface area (Å²) in [6.45, 7) is 1.43. The van der Waals surface area contributed by atoms with Crippen LogP contribution in [0.1, 0.15) is 28.4 Å². The van der Waals surface area contributed by atoms with Gasteiger partial charge in [-0.15, -0.1) is 0 Å². The lowest BCUT2D eigenvalue weighted by Crippen LogP contribution is -2.19. The summed E-state index contributed by atoms with van der Waals surface area (Å²) in [5.41, 5.74) is 6.32. The first-order valence-electron chi connectivity index (χ1n) is 9.82. The monoisotopic (exact) mass is 409 g/mol. The number of carbonyl (C=O) groups is 2. The average molecular weight is 409 g/mol. The van der Waals surface area contributed by atoms with Crippen molar-refractivity contribution in [2.45, 2.75) is 6.92 Å². The number of hydrogen-bond acceptors (Lipinski definition) is 3. The van der Waals surface area contributed by atoms with Crippen LogP contribution in [0, 0.1) is 0 Å². The first-order valence-corrected chi connectivity index (χ1v) is 9.82. The Morgan fingerprint density at radius 1 is 0.742 bits per heavy atom. The van der Waals surface area contributed by atoms with E-state index in [9.17, 15) is 9.59 Å². The van der Waals surface area contributed by atoms with E-state index in [0.717, 1.165) is 11.1 Å². The van der Waals surface area contributed by atoms with Gasteiger partial charge in [-0.25, -0.2) is 5.43 Å². The van der Waals surface area contributed by atoms with Gasteiger partial charge in [-0.1, -0.05) is 72.8 Å². The Labute approximate surface area is 181 Å². The van der Waals surface area contributed by atoms with E-state index in [1.54, 1.807) is 24.3 Å². The van der Waals surface area contributed by atoms with E-state index < -0.39 is 0 Å². The molecule has 154 valence electrons. The highest BCUT2D eigenvalue weighted by molar-refractivity contribution is 6.09. The third-order valence-corrected chi connectivity index (χ3v) is 4.25. The molecule has 0 fully saturated rings. The standard InChI is InChI=1S/C26H23N3O2/c1-20(30)27-24-18-14-23(15-19-24)26(31)29-28-25(16-12-21-8-4-2-5-9-21)17-13-22-10-6-3-7-11-22/h2-19H,1H3,(H,27,30)(H,29,31)/b16-12+,17-13+. The number of rotatable bonds is 7. The lowest BCUT2D eigenvalue weighted by Gasteiger charge is -2.04. The summed E-state index contributed by atoms with van der Waals surface area (Å²) in [7, 11) is 0. The number of allylic oxidation sites excluding steroid dienone is 2. The molecule has 0 atom stereocenters. The molecule has 0 aliphatic heterocycles. The van der Waals surface area contributed by atoms with Crippen LogP contribution < -0.4 is 10.7 Å². The van der Waals surface area contributed by atoms with Gasteiger partial charge in [0.15, 0.2) is 0 Å². The van der Waals surface area contributed by atoms with Crippen molar-refractivity contribution in [2.24, 2.45) is 5.10 Å². The number of anilines is 1. The lowest BCUT2D eigenvalue weighted by atomic mass is 10.1. The van der Waals surface area contributed by atoms with Gasteiger partial charge in [0.2, 0.25) is 5.91 Å². The zero-order valence-corrected chi connectivity index (χ0v) is 17.2. The predicted molar refractivity (Wildman–Crippen MR) is 127 cm³/mol. The Hall–Kier alpha value is -4.25. The first kappa shape index (κ1) is 21.5. The summed E-state index contributed by atoms with van der Waals surface area (Å²) in [5, 5.41) is 6.94. The van der Waals surface area contributed by atoms with Crippen molar-refractivity contribution >= 4 is 35.4 Å². The zero-order chi connectivity index (χ0) is 21.9. The fourth-order valence-electron chi connectivity index (χ4n) is 2.71. The van der Waals surface area contributed by atoms with Crippen molar-refractivity contribution in [3.63, 3.8) is 0 Å². The Morgan fingerprint density at radius 2 is 1.26 bits per heavy atom. The largest absolute Gasteiger partial charge is 0.326 e. The Balaban J connectivity index is 1.75. The summed E-state index contributed by atoms with van der Waals surface area (Å²) in [6, 6.07) is 26.3. The fraction of sp³-hybridized carbons (Fsp3) is 0.0385. The SMILES string of the molecule is CC(=O)Nc1ccc(C(=O)NN=C(/C=C/c2ccccc2)/C=C/c2ccccc2)cc1. The van der Waals surface area contributed by atoms with Crippen molar-refractivity contribution in [1.29, 1.82) is 0 Å². The molecule has 0 unspecified atom stereocenters. The van der Waals surface area contributed by atoms with E-state index in [0.29, 0.717) is 17.0 Å². The molecule has 0 aromatic heterocycles. The van der Waals surface area contributed by atoms with Gasteiger partial charge in [-0.05, 0) is 47.5 Å². The van der Waals surface area contributed by atoms with Crippen molar-refractivity contribution in [1.82, 2.24) is 5.43 Å². The van der Waals surface area contributed by atoms with E-state index >= 15 is 0 Å². The molecule has 31 heavy (non-hydrogen) atoms.